The zero-order valence-electron chi connectivity index (χ0n) is 13.2. The minimum atomic E-state index is -0.478. The molecule has 0 fully saturated rings. The van der Waals surface area contributed by atoms with Crippen molar-refractivity contribution in [2.75, 3.05) is 18.6 Å². The molecule has 0 aliphatic carbocycles. The summed E-state index contributed by atoms with van der Waals surface area (Å²) in [6.45, 7) is 0.565. The number of hydrogen-bond acceptors (Lipinski definition) is 3. The molecule has 0 radical (unpaired) electrons. The Morgan fingerprint density at radius 1 is 1.26 bits per heavy atom. The molecule has 0 spiro atoms. The lowest BCUT2D eigenvalue weighted by Gasteiger charge is -2.32. The van der Waals surface area contributed by atoms with Crippen LogP contribution in [0.4, 0.5) is 5.69 Å². The van der Waals surface area contributed by atoms with E-state index in [9.17, 15) is 9.90 Å². The molecule has 2 aromatic rings. The lowest BCUT2D eigenvalue weighted by Crippen LogP contribution is -2.36. The summed E-state index contributed by atoms with van der Waals surface area (Å²) in [5, 5.41) is 10.1. The summed E-state index contributed by atoms with van der Waals surface area (Å²) in [5.74, 6) is 0.897. The van der Waals surface area contributed by atoms with Gasteiger partial charge in [-0.15, -0.1) is 0 Å². The molecule has 0 aromatic heterocycles. The van der Waals surface area contributed by atoms with Crippen molar-refractivity contribution in [1.82, 2.24) is 0 Å². The number of benzene rings is 2. The van der Waals surface area contributed by atoms with Crippen LogP contribution in [0.3, 0.4) is 0 Å². The minimum Gasteiger partial charge on any atom is -0.497 e. The largest absolute Gasteiger partial charge is 0.497 e. The summed E-state index contributed by atoms with van der Waals surface area (Å²) in [6, 6.07) is 15.4. The molecule has 2 aromatic carbocycles. The molecule has 3 rings (SSSR count). The van der Waals surface area contributed by atoms with Gasteiger partial charge in [0, 0.05) is 24.2 Å². The molecule has 1 aliphatic rings. The number of carbonyl (C=O) groups excluding carboxylic acids is 1. The number of methoxy groups -OCH3 is 1. The molecule has 1 unspecified atom stereocenters. The number of amides is 1. The monoisotopic (exact) mass is 311 g/mol. The molecule has 1 atom stereocenters. The summed E-state index contributed by atoms with van der Waals surface area (Å²) in [6.07, 6.45) is 1.23. The second kappa shape index (κ2) is 6.84. The smallest absolute Gasteiger partial charge is 0.227 e. The second-order valence-electron chi connectivity index (χ2n) is 5.76. The number of para-hydroxylation sites is 1. The van der Waals surface area contributed by atoms with Gasteiger partial charge in [-0.2, -0.15) is 0 Å². The Hall–Kier alpha value is -2.33. The second-order valence-corrected chi connectivity index (χ2v) is 5.76. The highest BCUT2D eigenvalue weighted by atomic mass is 16.5. The van der Waals surface area contributed by atoms with Crippen LogP contribution in [-0.4, -0.2) is 24.7 Å². The third-order valence-corrected chi connectivity index (χ3v) is 4.28. The number of fused-ring (bicyclic) bond motifs is 1. The van der Waals surface area contributed by atoms with Crippen LogP contribution in [-0.2, 0) is 11.2 Å². The van der Waals surface area contributed by atoms with Crippen LogP contribution in [0.1, 0.15) is 30.1 Å². The molecule has 1 amide bonds. The van der Waals surface area contributed by atoms with Crippen LogP contribution >= 0.6 is 0 Å². The molecule has 4 nitrogen and oxygen atoms in total. The number of ether oxygens (including phenoxy) is 1. The Labute approximate surface area is 136 Å². The summed E-state index contributed by atoms with van der Waals surface area (Å²) in [7, 11) is 1.64. The Morgan fingerprint density at radius 3 is 2.91 bits per heavy atom. The highest BCUT2D eigenvalue weighted by Gasteiger charge is 2.26. The van der Waals surface area contributed by atoms with E-state index in [1.54, 1.807) is 12.0 Å². The summed E-state index contributed by atoms with van der Waals surface area (Å²) < 4.78 is 5.21. The molecule has 0 saturated heterocycles. The Bertz CT molecular complexity index is 699. The summed E-state index contributed by atoms with van der Waals surface area (Å²) in [4.78, 5) is 14.4. The van der Waals surface area contributed by atoms with Crippen LogP contribution in [0.2, 0.25) is 0 Å². The van der Waals surface area contributed by atoms with Gasteiger partial charge in [0.2, 0.25) is 5.91 Å². The first-order valence-corrected chi connectivity index (χ1v) is 7.89. The van der Waals surface area contributed by atoms with Gasteiger partial charge in [0.05, 0.1) is 13.2 Å². The van der Waals surface area contributed by atoms with E-state index in [0.29, 0.717) is 25.8 Å². The molecular weight excluding hydrogens is 290 g/mol. The number of nitrogens with zero attached hydrogens (tertiary/aromatic N) is 1. The zero-order valence-corrected chi connectivity index (χ0v) is 13.2. The van der Waals surface area contributed by atoms with Crippen LogP contribution in [0.15, 0.2) is 48.5 Å². The number of anilines is 1. The fraction of sp³-hybridized carbons (Fsp3) is 0.316. The maximum Gasteiger partial charge on any atom is 0.227 e. The van der Waals surface area contributed by atoms with E-state index in [4.69, 9.17) is 4.74 Å². The highest BCUT2D eigenvalue weighted by Crippen LogP contribution is 2.33. The Balaban J connectivity index is 1.70. The normalized spacial score (nSPS) is 16.8. The van der Waals surface area contributed by atoms with Crippen molar-refractivity contribution >= 4 is 11.6 Å². The first-order chi connectivity index (χ1) is 11.2. The lowest BCUT2D eigenvalue weighted by molar-refractivity contribution is -0.118. The SMILES string of the molecule is COc1cccc(CCC(=O)N2CCC(O)c3ccccc32)c1. The number of aryl methyl sites for hydroxylation is 1. The van der Waals surface area contributed by atoms with E-state index in [-0.39, 0.29) is 5.91 Å². The van der Waals surface area contributed by atoms with Gasteiger partial charge in [-0.3, -0.25) is 4.79 Å². The predicted molar refractivity (Wildman–Crippen MR) is 89.7 cm³/mol. The third-order valence-electron chi connectivity index (χ3n) is 4.28. The van der Waals surface area contributed by atoms with Gasteiger partial charge >= 0.3 is 0 Å². The van der Waals surface area contributed by atoms with Crippen molar-refractivity contribution < 1.29 is 14.6 Å². The quantitative estimate of drug-likeness (QED) is 0.944. The molecule has 4 heteroatoms. The van der Waals surface area contributed by atoms with E-state index in [1.165, 1.54) is 0 Å². The van der Waals surface area contributed by atoms with E-state index in [2.05, 4.69) is 0 Å². The number of carbonyl (C=O) groups is 1. The van der Waals surface area contributed by atoms with Crippen molar-refractivity contribution in [2.24, 2.45) is 0 Å². The van der Waals surface area contributed by atoms with Gasteiger partial charge in [-0.25, -0.2) is 0 Å². The Morgan fingerprint density at radius 2 is 2.09 bits per heavy atom. The third kappa shape index (κ3) is 3.37. The van der Waals surface area contributed by atoms with Gasteiger partial charge in [0.1, 0.15) is 5.75 Å². The van der Waals surface area contributed by atoms with Gasteiger partial charge in [0.15, 0.2) is 0 Å². The van der Waals surface area contributed by atoms with E-state index < -0.39 is 6.10 Å². The van der Waals surface area contributed by atoms with Gasteiger partial charge in [-0.1, -0.05) is 30.3 Å². The average molecular weight is 311 g/mol. The highest BCUT2D eigenvalue weighted by molar-refractivity contribution is 5.94. The van der Waals surface area contributed by atoms with Crippen molar-refractivity contribution in [3.8, 4) is 5.75 Å². The number of aliphatic hydroxyl groups excluding tert-OH is 1. The summed E-state index contributed by atoms with van der Waals surface area (Å²) in [5.41, 5.74) is 2.76. The van der Waals surface area contributed by atoms with Crippen LogP contribution in [0.5, 0.6) is 5.75 Å². The average Bonchev–Trinajstić information content (AvgIpc) is 2.60. The summed E-state index contributed by atoms with van der Waals surface area (Å²) >= 11 is 0. The predicted octanol–water partition coefficient (Wildman–Crippen LogP) is 3.10. The maximum atomic E-state index is 12.6. The molecule has 120 valence electrons. The van der Waals surface area contributed by atoms with Gasteiger partial charge < -0.3 is 14.7 Å². The molecule has 1 aliphatic heterocycles. The van der Waals surface area contributed by atoms with Gasteiger partial charge in [0.25, 0.3) is 0 Å². The van der Waals surface area contributed by atoms with E-state index in [0.717, 1.165) is 22.6 Å². The van der Waals surface area contributed by atoms with E-state index in [1.807, 2.05) is 48.5 Å². The molecule has 1 N–H and O–H groups in total. The van der Waals surface area contributed by atoms with Gasteiger partial charge in [-0.05, 0) is 36.6 Å². The van der Waals surface area contributed by atoms with Crippen molar-refractivity contribution in [3.05, 3.63) is 59.7 Å². The maximum absolute atomic E-state index is 12.6. The molecular formula is C19H21NO3. The molecule has 0 saturated carbocycles. The molecule has 0 bridgehead atoms. The number of hydrogen-bond donors (Lipinski definition) is 1. The minimum absolute atomic E-state index is 0.0900. The van der Waals surface area contributed by atoms with Crippen molar-refractivity contribution in [3.63, 3.8) is 0 Å². The van der Waals surface area contributed by atoms with Crippen LogP contribution in [0.25, 0.3) is 0 Å². The van der Waals surface area contributed by atoms with Crippen LogP contribution in [0, 0.1) is 0 Å². The number of aliphatic hydroxyl groups is 1. The topological polar surface area (TPSA) is 49.8 Å². The Kier molecular flexibility index (Phi) is 4.63. The molecule has 1 heterocycles. The zero-order chi connectivity index (χ0) is 16.2. The lowest BCUT2D eigenvalue weighted by atomic mass is 9.98. The fourth-order valence-electron chi connectivity index (χ4n) is 3.02. The van der Waals surface area contributed by atoms with Crippen molar-refractivity contribution in [1.29, 1.82) is 0 Å². The van der Waals surface area contributed by atoms with Crippen molar-refractivity contribution in [2.45, 2.75) is 25.4 Å². The number of rotatable bonds is 4. The van der Waals surface area contributed by atoms with E-state index >= 15 is 0 Å². The van der Waals surface area contributed by atoms with Crippen LogP contribution < -0.4 is 9.64 Å². The first-order valence-electron chi connectivity index (χ1n) is 7.89. The molecule has 23 heavy (non-hydrogen) atoms. The fourth-order valence-corrected chi connectivity index (χ4v) is 3.02. The first kappa shape index (κ1) is 15.6. The standard InChI is InChI=1S/C19H21NO3/c1-23-15-6-4-5-14(13-15)9-10-19(22)20-12-11-18(21)16-7-2-3-8-17(16)20/h2-8,13,18,21H,9-12H2,1H3.